The second kappa shape index (κ2) is 5.64. The monoisotopic (exact) mass is 333 g/mol. The molecular weight excluding hydrogens is 322 g/mol. The minimum Gasteiger partial charge on any atom is -0.258 e. The average molecular weight is 333 g/mol. The lowest BCUT2D eigenvalue weighted by molar-refractivity contribution is -0.387. The van der Waals surface area contributed by atoms with E-state index in [1.165, 1.54) is 17.4 Å². The predicted octanol–water partition coefficient (Wildman–Crippen LogP) is 1.89. The molecule has 0 bridgehead atoms. The zero-order chi connectivity index (χ0) is 14.9. The summed E-state index contributed by atoms with van der Waals surface area (Å²) in [6, 6.07) is 3.09. The predicted molar refractivity (Wildman–Crippen MR) is 79.7 cm³/mol. The number of nitro groups is 1. The first-order chi connectivity index (χ1) is 9.26. The van der Waals surface area contributed by atoms with Gasteiger partial charge in [0.05, 0.1) is 30.8 Å². The van der Waals surface area contributed by atoms with Gasteiger partial charge in [-0.1, -0.05) is 0 Å². The van der Waals surface area contributed by atoms with Crippen molar-refractivity contribution in [1.29, 1.82) is 0 Å². The molecule has 0 amide bonds. The van der Waals surface area contributed by atoms with Gasteiger partial charge in [-0.05, 0) is 13.0 Å². The van der Waals surface area contributed by atoms with E-state index in [1.807, 2.05) is 6.92 Å². The van der Waals surface area contributed by atoms with Crippen LogP contribution in [-0.4, -0.2) is 29.8 Å². The molecule has 108 valence electrons. The number of nitro benzene ring substituents is 1. The zero-order valence-corrected chi connectivity index (χ0v) is 12.8. The van der Waals surface area contributed by atoms with Gasteiger partial charge in [-0.3, -0.25) is 10.1 Å². The van der Waals surface area contributed by atoms with Crippen LogP contribution in [-0.2, 0) is 10.0 Å². The number of nitrogens with two attached hydrogens (primary N) is 1. The van der Waals surface area contributed by atoms with Crippen molar-refractivity contribution < 1.29 is 13.3 Å². The molecule has 0 aliphatic heterocycles. The average Bonchev–Trinajstić information content (AvgIpc) is 2.65. The third kappa shape index (κ3) is 3.66. The van der Waals surface area contributed by atoms with E-state index in [0.717, 1.165) is 21.5 Å². The first-order valence-electron chi connectivity index (χ1n) is 5.45. The quantitative estimate of drug-likeness (QED) is 0.507. The highest BCUT2D eigenvalue weighted by atomic mass is 32.2. The molecular formula is C10H11N3O4S3. The number of hydrogen-bond donors (Lipinski definition) is 1. The maximum absolute atomic E-state index is 11.1. The molecule has 0 radical (unpaired) electrons. The summed E-state index contributed by atoms with van der Waals surface area (Å²) in [7, 11) is -3.57. The summed E-state index contributed by atoms with van der Waals surface area (Å²) < 4.78 is 22.5. The van der Waals surface area contributed by atoms with E-state index in [0.29, 0.717) is 10.4 Å². The highest BCUT2D eigenvalue weighted by Crippen LogP contribution is 2.35. The summed E-state index contributed by atoms with van der Waals surface area (Å²) in [5.41, 5.74) is 0.636. The number of sulfonamides is 1. The Bertz CT molecular complexity index is 769. The summed E-state index contributed by atoms with van der Waals surface area (Å²) in [6.07, 6.45) is 0. The molecule has 0 saturated heterocycles. The number of thiazole rings is 1. The molecule has 2 aromatic rings. The van der Waals surface area contributed by atoms with Crippen LogP contribution in [0.2, 0.25) is 0 Å². The summed E-state index contributed by atoms with van der Waals surface area (Å²) in [5, 5.41) is 16.8. The van der Waals surface area contributed by atoms with E-state index >= 15 is 0 Å². The molecule has 2 rings (SSSR count). The van der Waals surface area contributed by atoms with Crippen LogP contribution in [0.3, 0.4) is 0 Å². The van der Waals surface area contributed by atoms with Gasteiger partial charge in [0.15, 0.2) is 0 Å². The molecule has 7 nitrogen and oxygen atoms in total. The number of primary sulfonamides is 1. The smallest absolute Gasteiger partial charge is 0.258 e. The van der Waals surface area contributed by atoms with Gasteiger partial charge in [0.25, 0.3) is 5.69 Å². The standard InChI is InChI=1S/C10H11N3O4S3/c1-6-12-7-4-10(18-2-3-20(11,16)17)8(13(14)15)5-9(7)19-6/h4-5H,2-3H2,1H3,(H2,11,16,17). The molecule has 1 aromatic carbocycles. The van der Waals surface area contributed by atoms with E-state index in [1.54, 1.807) is 6.07 Å². The number of hydrogen-bond acceptors (Lipinski definition) is 7. The lowest BCUT2D eigenvalue weighted by atomic mass is 10.3. The maximum Gasteiger partial charge on any atom is 0.284 e. The van der Waals surface area contributed by atoms with Crippen LogP contribution in [0.4, 0.5) is 5.69 Å². The molecule has 0 saturated carbocycles. The Kier molecular flexibility index (Phi) is 4.28. The van der Waals surface area contributed by atoms with Crippen LogP contribution in [0.15, 0.2) is 17.0 Å². The number of benzene rings is 1. The Balaban J connectivity index is 2.34. The van der Waals surface area contributed by atoms with Gasteiger partial charge in [0, 0.05) is 11.8 Å². The maximum atomic E-state index is 11.1. The Labute approximate surface area is 123 Å². The molecule has 1 aromatic heterocycles. The Morgan fingerprint density at radius 1 is 1.50 bits per heavy atom. The van der Waals surface area contributed by atoms with E-state index in [4.69, 9.17) is 5.14 Å². The Morgan fingerprint density at radius 3 is 2.80 bits per heavy atom. The van der Waals surface area contributed by atoms with Gasteiger partial charge in [-0.2, -0.15) is 0 Å². The molecule has 0 fully saturated rings. The molecule has 0 unspecified atom stereocenters. The molecule has 0 aliphatic rings. The fourth-order valence-corrected chi connectivity index (χ4v) is 4.39. The molecule has 20 heavy (non-hydrogen) atoms. The van der Waals surface area contributed by atoms with E-state index < -0.39 is 14.9 Å². The van der Waals surface area contributed by atoms with Gasteiger partial charge in [0.1, 0.15) is 0 Å². The topological polar surface area (TPSA) is 116 Å². The van der Waals surface area contributed by atoms with Gasteiger partial charge >= 0.3 is 0 Å². The number of aryl methyl sites for hydroxylation is 1. The molecule has 2 N–H and O–H groups in total. The van der Waals surface area contributed by atoms with Crippen LogP contribution >= 0.6 is 23.1 Å². The lowest BCUT2D eigenvalue weighted by Gasteiger charge is -2.02. The number of thioether (sulfide) groups is 1. The first-order valence-corrected chi connectivity index (χ1v) is 8.97. The van der Waals surface area contributed by atoms with Crippen LogP contribution in [0.5, 0.6) is 0 Å². The number of fused-ring (bicyclic) bond motifs is 1. The zero-order valence-electron chi connectivity index (χ0n) is 10.4. The van der Waals surface area contributed by atoms with Crippen molar-refractivity contribution in [2.45, 2.75) is 11.8 Å². The van der Waals surface area contributed by atoms with Crippen molar-refractivity contribution in [2.24, 2.45) is 5.14 Å². The van der Waals surface area contributed by atoms with Crippen molar-refractivity contribution in [1.82, 2.24) is 4.98 Å². The molecule has 0 aliphatic carbocycles. The SMILES string of the molecule is Cc1nc2cc(SCCS(N)(=O)=O)c([N+](=O)[O-])cc2s1. The van der Waals surface area contributed by atoms with Crippen LogP contribution in [0.25, 0.3) is 10.2 Å². The highest BCUT2D eigenvalue weighted by molar-refractivity contribution is 8.00. The first kappa shape index (κ1) is 15.2. The van der Waals surface area contributed by atoms with Crippen LogP contribution in [0.1, 0.15) is 5.01 Å². The highest BCUT2D eigenvalue weighted by Gasteiger charge is 2.18. The second-order valence-electron chi connectivity index (χ2n) is 3.99. The Morgan fingerprint density at radius 2 is 2.20 bits per heavy atom. The van der Waals surface area contributed by atoms with Gasteiger partial charge in [-0.15, -0.1) is 23.1 Å². The van der Waals surface area contributed by atoms with E-state index in [-0.39, 0.29) is 17.2 Å². The summed E-state index contributed by atoms with van der Waals surface area (Å²) in [4.78, 5) is 15.3. The number of aromatic nitrogens is 1. The number of rotatable bonds is 5. The normalized spacial score (nSPS) is 11.9. The van der Waals surface area contributed by atoms with Crippen molar-refractivity contribution in [3.63, 3.8) is 0 Å². The number of nitrogens with zero attached hydrogens (tertiary/aromatic N) is 2. The van der Waals surface area contributed by atoms with Gasteiger partial charge < -0.3 is 0 Å². The fraction of sp³-hybridized carbons (Fsp3) is 0.300. The molecule has 10 heteroatoms. The van der Waals surface area contributed by atoms with Crippen molar-refractivity contribution in [2.75, 3.05) is 11.5 Å². The molecule has 0 atom stereocenters. The van der Waals surface area contributed by atoms with E-state index in [2.05, 4.69) is 4.98 Å². The lowest BCUT2D eigenvalue weighted by Crippen LogP contribution is -2.17. The summed E-state index contributed by atoms with van der Waals surface area (Å²) in [6.45, 7) is 1.82. The third-order valence-electron chi connectivity index (χ3n) is 2.40. The minimum absolute atomic E-state index is 0.0411. The van der Waals surface area contributed by atoms with Crippen molar-refractivity contribution >= 4 is 49.0 Å². The fourth-order valence-electron chi connectivity index (χ4n) is 1.59. The summed E-state index contributed by atoms with van der Waals surface area (Å²) in [5.74, 6) is -0.0722. The molecule has 0 spiro atoms. The largest absolute Gasteiger partial charge is 0.284 e. The van der Waals surface area contributed by atoms with Crippen LogP contribution in [0, 0.1) is 17.0 Å². The van der Waals surface area contributed by atoms with Gasteiger partial charge in [0.2, 0.25) is 10.0 Å². The second-order valence-corrected chi connectivity index (χ2v) is 8.10. The molecule has 1 heterocycles. The van der Waals surface area contributed by atoms with Crippen molar-refractivity contribution in [3.05, 3.63) is 27.3 Å². The minimum atomic E-state index is -3.57. The van der Waals surface area contributed by atoms with E-state index in [9.17, 15) is 18.5 Å². The van der Waals surface area contributed by atoms with Crippen LogP contribution < -0.4 is 5.14 Å². The Hall–Kier alpha value is -1.23. The summed E-state index contributed by atoms with van der Waals surface area (Å²) >= 11 is 2.47. The van der Waals surface area contributed by atoms with Gasteiger partial charge in [-0.25, -0.2) is 18.5 Å². The van der Waals surface area contributed by atoms with Crippen molar-refractivity contribution in [3.8, 4) is 0 Å². The third-order valence-corrected chi connectivity index (χ3v) is 5.41.